The van der Waals surface area contributed by atoms with Crippen LogP contribution in [0.25, 0.3) is 0 Å². The van der Waals surface area contributed by atoms with Crippen LogP contribution in [0.2, 0.25) is 0 Å². The molecule has 21 heavy (non-hydrogen) atoms. The predicted molar refractivity (Wildman–Crippen MR) is 87.0 cm³/mol. The number of likely N-dealkylation sites (N-methyl/N-ethyl adjacent to an activating group) is 1. The summed E-state index contributed by atoms with van der Waals surface area (Å²) in [4.78, 5) is 0. The number of hydrogen-bond acceptors (Lipinski definition) is 2. The van der Waals surface area contributed by atoms with Gasteiger partial charge in [0.25, 0.3) is 0 Å². The Morgan fingerprint density at radius 2 is 1.76 bits per heavy atom. The largest absolute Gasteiger partial charge is 0.372 e. The van der Waals surface area contributed by atoms with Crippen molar-refractivity contribution in [1.82, 2.24) is 5.32 Å². The van der Waals surface area contributed by atoms with Crippen LogP contribution in [0.3, 0.4) is 0 Å². The summed E-state index contributed by atoms with van der Waals surface area (Å²) in [6.07, 6.45) is 7.24. The first-order valence-electron chi connectivity index (χ1n) is 8.36. The first kappa shape index (κ1) is 18.1. The Bertz CT molecular complexity index is 370. The van der Waals surface area contributed by atoms with Crippen LogP contribution in [0.15, 0.2) is 24.3 Å². The maximum absolute atomic E-state index is 13.9. The van der Waals surface area contributed by atoms with Crippen molar-refractivity contribution < 1.29 is 9.13 Å². The van der Waals surface area contributed by atoms with Crippen LogP contribution in [0.1, 0.15) is 64.0 Å². The molecule has 0 amide bonds. The summed E-state index contributed by atoms with van der Waals surface area (Å²) in [7, 11) is 0. The van der Waals surface area contributed by atoms with Crippen molar-refractivity contribution in [3.05, 3.63) is 35.6 Å². The highest BCUT2D eigenvalue weighted by molar-refractivity contribution is 5.20. The Balaban J connectivity index is 2.35. The summed E-state index contributed by atoms with van der Waals surface area (Å²) in [6.45, 7) is 6.50. The van der Waals surface area contributed by atoms with Crippen molar-refractivity contribution in [1.29, 1.82) is 0 Å². The fourth-order valence-corrected chi connectivity index (χ4v) is 2.38. The third kappa shape index (κ3) is 7.58. The minimum atomic E-state index is -0.193. The molecule has 120 valence electrons. The lowest BCUT2D eigenvalue weighted by molar-refractivity contribution is 0.0478. The normalized spacial score (nSPS) is 12.5. The van der Waals surface area contributed by atoms with Gasteiger partial charge < -0.3 is 10.1 Å². The molecule has 1 aromatic carbocycles. The molecule has 1 aromatic rings. The van der Waals surface area contributed by atoms with E-state index in [1.54, 1.807) is 6.07 Å². The number of unbranched alkanes of at least 4 members (excludes halogenated alkanes) is 5. The Morgan fingerprint density at radius 1 is 1.05 bits per heavy atom. The quantitative estimate of drug-likeness (QED) is 0.556. The molecule has 0 aliphatic rings. The first-order chi connectivity index (χ1) is 10.3. The van der Waals surface area contributed by atoms with Crippen molar-refractivity contribution in [3.63, 3.8) is 0 Å². The van der Waals surface area contributed by atoms with E-state index in [0.29, 0.717) is 18.7 Å². The van der Waals surface area contributed by atoms with Crippen molar-refractivity contribution in [2.24, 2.45) is 0 Å². The molecule has 3 heteroatoms. The Kier molecular flexibility index (Phi) is 10.1. The lowest BCUT2D eigenvalue weighted by atomic mass is 10.1. The number of ether oxygens (including phenoxy) is 1. The van der Waals surface area contributed by atoms with Gasteiger partial charge >= 0.3 is 0 Å². The molecule has 0 spiro atoms. The van der Waals surface area contributed by atoms with E-state index < -0.39 is 0 Å². The van der Waals surface area contributed by atoms with Crippen molar-refractivity contribution in [2.75, 3.05) is 19.7 Å². The van der Waals surface area contributed by atoms with Crippen LogP contribution in [0.4, 0.5) is 4.39 Å². The molecule has 0 radical (unpaired) electrons. The molecule has 1 rings (SSSR count). The highest BCUT2D eigenvalue weighted by Gasteiger charge is 2.15. The molecule has 0 aliphatic carbocycles. The SMILES string of the molecule is CCCCCCCCOC(CNCC)c1ccccc1F. The average Bonchev–Trinajstić information content (AvgIpc) is 2.50. The second kappa shape index (κ2) is 11.7. The van der Waals surface area contributed by atoms with Gasteiger partial charge in [-0.1, -0.05) is 64.2 Å². The van der Waals surface area contributed by atoms with Crippen LogP contribution in [-0.4, -0.2) is 19.7 Å². The van der Waals surface area contributed by atoms with Crippen molar-refractivity contribution >= 4 is 0 Å². The molecule has 2 nitrogen and oxygen atoms in total. The van der Waals surface area contributed by atoms with Crippen molar-refractivity contribution in [3.8, 4) is 0 Å². The second-order valence-corrected chi connectivity index (χ2v) is 5.46. The maximum atomic E-state index is 13.9. The Hall–Kier alpha value is -0.930. The summed E-state index contributed by atoms with van der Waals surface area (Å²) < 4.78 is 19.8. The molecule has 0 fully saturated rings. The average molecular weight is 295 g/mol. The summed E-state index contributed by atoms with van der Waals surface area (Å²) in [5, 5.41) is 3.25. The monoisotopic (exact) mass is 295 g/mol. The molecule has 0 saturated carbocycles. The summed E-state index contributed by atoms with van der Waals surface area (Å²) in [6, 6.07) is 6.91. The second-order valence-electron chi connectivity index (χ2n) is 5.46. The van der Waals surface area contributed by atoms with Crippen LogP contribution >= 0.6 is 0 Å². The van der Waals surface area contributed by atoms with Gasteiger partial charge in [-0.2, -0.15) is 0 Å². The van der Waals surface area contributed by atoms with Crippen LogP contribution in [0.5, 0.6) is 0 Å². The zero-order chi connectivity index (χ0) is 15.3. The van der Waals surface area contributed by atoms with Gasteiger partial charge in [-0.25, -0.2) is 4.39 Å². The third-order valence-electron chi connectivity index (χ3n) is 3.65. The van der Waals surface area contributed by atoms with E-state index >= 15 is 0 Å². The zero-order valence-corrected chi connectivity index (χ0v) is 13.5. The standard InChI is InChI=1S/C18H30FNO/c1-3-5-6-7-8-11-14-21-18(15-20-4-2)16-12-9-10-13-17(16)19/h9-10,12-13,18,20H,3-8,11,14-15H2,1-2H3. The highest BCUT2D eigenvalue weighted by Crippen LogP contribution is 2.20. The highest BCUT2D eigenvalue weighted by atomic mass is 19.1. The maximum Gasteiger partial charge on any atom is 0.129 e. The third-order valence-corrected chi connectivity index (χ3v) is 3.65. The number of halogens is 1. The van der Waals surface area contributed by atoms with Gasteiger partial charge in [0.1, 0.15) is 5.82 Å². The fraction of sp³-hybridized carbons (Fsp3) is 0.667. The zero-order valence-electron chi connectivity index (χ0n) is 13.5. The first-order valence-corrected chi connectivity index (χ1v) is 8.36. The molecule has 0 aromatic heterocycles. The molecule has 1 N–H and O–H groups in total. The smallest absolute Gasteiger partial charge is 0.129 e. The lowest BCUT2D eigenvalue weighted by Crippen LogP contribution is -2.24. The van der Waals surface area contributed by atoms with Crippen LogP contribution in [0, 0.1) is 5.82 Å². The number of hydrogen-bond donors (Lipinski definition) is 1. The van der Waals surface area contributed by atoms with Crippen LogP contribution in [-0.2, 0) is 4.74 Å². The van der Waals surface area contributed by atoms with E-state index in [9.17, 15) is 4.39 Å². The molecule has 0 bridgehead atoms. The molecule has 1 atom stereocenters. The predicted octanol–water partition coefficient (Wildman–Crippen LogP) is 4.85. The van der Waals surface area contributed by atoms with Gasteiger partial charge in [0.05, 0.1) is 6.10 Å². The molecule has 0 aliphatic heterocycles. The number of benzene rings is 1. The van der Waals surface area contributed by atoms with E-state index in [4.69, 9.17) is 4.74 Å². The van der Waals surface area contributed by atoms with E-state index in [2.05, 4.69) is 12.2 Å². The molecular weight excluding hydrogens is 265 g/mol. The molecular formula is C18H30FNO. The van der Waals surface area contributed by atoms with Gasteiger partial charge in [0.15, 0.2) is 0 Å². The summed E-state index contributed by atoms with van der Waals surface area (Å²) in [5.41, 5.74) is 0.657. The van der Waals surface area contributed by atoms with E-state index in [0.717, 1.165) is 13.0 Å². The van der Waals surface area contributed by atoms with Crippen molar-refractivity contribution in [2.45, 2.75) is 58.5 Å². The van der Waals surface area contributed by atoms with Gasteiger partial charge in [-0.15, -0.1) is 0 Å². The van der Waals surface area contributed by atoms with Gasteiger partial charge in [-0.3, -0.25) is 0 Å². The Labute approximate surface area is 129 Å². The molecule has 0 heterocycles. The summed E-state index contributed by atoms with van der Waals surface area (Å²) >= 11 is 0. The minimum Gasteiger partial charge on any atom is -0.372 e. The van der Waals surface area contributed by atoms with E-state index in [1.165, 1.54) is 38.2 Å². The molecule has 1 unspecified atom stereocenters. The van der Waals surface area contributed by atoms with Gasteiger partial charge in [0.2, 0.25) is 0 Å². The summed E-state index contributed by atoms with van der Waals surface area (Å²) in [5.74, 6) is -0.177. The van der Waals surface area contributed by atoms with Gasteiger partial charge in [-0.05, 0) is 19.0 Å². The van der Waals surface area contributed by atoms with Crippen LogP contribution < -0.4 is 5.32 Å². The number of nitrogens with one attached hydrogen (secondary N) is 1. The lowest BCUT2D eigenvalue weighted by Gasteiger charge is -2.19. The Morgan fingerprint density at radius 3 is 2.48 bits per heavy atom. The number of rotatable bonds is 12. The fourth-order valence-electron chi connectivity index (χ4n) is 2.38. The minimum absolute atomic E-state index is 0.177. The van der Waals surface area contributed by atoms with Gasteiger partial charge in [0, 0.05) is 18.7 Å². The molecule has 0 saturated heterocycles. The van der Waals surface area contributed by atoms with E-state index in [1.807, 2.05) is 19.1 Å². The topological polar surface area (TPSA) is 21.3 Å². The van der Waals surface area contributed by atoms with E-state index in [-0.39, 0.29) is 11.9 Å².